The normalized spacial score (nSPS) is 19.7. The molecule has 0 aliphatic heterocycles. The summed E-state index contributed by atoms with van der Waals surface area (Å²) in [6, 6.07) is 1.05. The molecule has 2 atom stereocenters. The van der Waals surface area contributed by atoms with Crippen molar-refractivity contribution in [1.82, 2.24) is 0 Å². The van der Waals surface area contributed by atoms with Gasteiger partial charge in [-0.2, -0.15) is 12.6 Å². The van der Waals surface area contributed by atoms with Gasteiger partial charge in [0.15, 0.2) is 0 Å². The average molecular weight is 281 g/mol. The van der Waals surface area contributed by atoms with Crippen LogP contribution in [-0.2, 0) is 8.85 Å². The molecular formula is C11H28O2SSi2. The van der Waals surface area contributed by atoms with E-state index in [2.05, 4.69) is 46.9 Å². The van der Waals surface area contributed by atoms with Crippen LogP contribution in [0.25, 0.3) is 0 Å². The van der Waals surface area contributed by atoms with E-state index in [9.17, 15) is 0 Å². The Morgan fingerprint density at radius 2 is 2.00 bits per heavy atom. The van der Waals surface area contributed by atoms with Crippen molar-refractivity contribution in [3.05, 3.63) is 0 Å². The molecule has 5 heteroatoms. The topological polar surface area (TPSA) is 18.5 Å². The van der Waals surface area contributed by atoms with Crippen molar-refractivity contribution in [3.8, 4) is 0 Å². The van der Waals surface area contributed by atoms with Gasteiger partial charge in [0.05, 0.1) is 0 Å². The molecule has 0 saturated carbocycles. The fraction of sp³-hybridized carbons (Fsp3) is 1.00. The summed E-state index contributed by atoms with van der Waals surface area (Å²) < 4.78 is 12.3. The summed E-state index contributed by atoms with van der Waals surface area (Å²) in [5, 5.41) is 0.0345. The van der Waals surface area contributed by atoms with Crippen LogP contribution in [0.2, 0.25) is 12.6 Å². The minimum atomic E-state index is -1.98. The lowest BCUT2D eigenvalue weighted by Gasteiger charge is -2.39. The smallest absolute Gasteiger partial charge is 0.335 e. The van der Waals surface area contributed by atoms with Gasteiger partial charge in [-0.1, -0.05) is 13.8 Å². The highest BCUT2D eigenvalue weighted by Gasteiger charge is 2.38. The van der Waals surface area contributed by atoms with Gasteiger partial charge in [-0.05, 0) is 44.5 Å². The first-order valence-electron chi connectivity index (χ1n) is 6.22. The molecule has 0 aromatic carbocycles. The van der Waals surface area contributed by atoms with Crippen molar-refractivity contribution in [1.29, 1.82) is 0 Å². The fourth-order valence-electron chi connectivity index (χ4n) is 1.53. The average Bonchev–Trinajstić information content (AvgIpc) is 2.14. The Kier molecular flexibility index (Phi) is 7.52. The summed E-state index contributed by atoms with van der Waals surface area (Å²) in [5.41, 5.74) is 0. The molecule has 2 unspecified atom stereocenters. The lowest BCUT2D eigenvalue weighted by molar-refractivity contribution is 0.0673. The summed E-state index contributed by atoms with van der Waals surface area (Å²) in [7, 11) is -0.940. The molecule has 16 heavy (non-hydrogen) atoms. The maximum Gasteiger partial charge on any atom is 0.335 e. The SMILES string of the molecule is CCO[Si](C)(CCCS)OC(C)([SiH3])C(C)C. The van der Waals surface area contributed by atoms with Crippen LogP contribution in [0, 0.1) is 5.92 Å². The van der Waals surface area contributed by atoms with Gasteiger partial charge in [-0.15, -0.1) is 0 Å². The second-order valence-electron chi connectivity index (χ2n) is 5.25. The van der Waals surface area contributed by atoms with E-state index in [0.717, 1.165) is 35.1 Å². The van der Waals surface area contributed by atoms with Gasteiger partial charge in [0.25, 0.3) is 0 Å². The molecule has 0 amide bonds. The largest absolute Gasteiger partial charge is 0.395 e. The molecule has 0 saturated heterocycles. The van der Waals surface area contributed by atoms with Crippen molar-refractivity contribution in [2.24, 2.45) is 5.92 Å². The Bertz CT molecular complexity index is 200. The number of rotatable bonds is 8. The Morgan fingerprint density at radius 3 is 2.38 bits per heavy atom. The molecule has 0 heterocycles. The number of hydrogen-bond acceptors (Lipinski definition) is 3. The summed E-state index contributed by atoms with van der Waals surface area (Å²) in [6.45, 7) is 11.7. The van der Waals surface area contributed by atoms with Crippen molar-refractivity contribution in [2.45, 2.75) is 51.9 Å². The van der Waals surface area contributed by atoms with Gasteiger partial charge >= 0.3 is 8.56 Å². The van der Waals surface area contributed by atoms with Gasteiger partial charge in [-0.25, -0.2) is 0 Å². The number of thiol groups is 1. The molecule has 98 valence electrons. The first-order valence-corrected chi connectivity index (χ1v) is 10.4. The van der Waals surface area contributed by atoms with Crippen LogP contribution in [0.1, 0.15) is 34.1 Å². The van der Waals surface area contributed by atoms with Crippen molar-refractivity contribution >= 4 is 31.4 Å². The molecule has 0 radical (unpaired) electrons. The molecule has 0 rings (SSSR count). The van der Waals surface area contributed by atoms with Crippen LogP contribution in [0.4, 0.5) is 0 Å². The van der Waals surface area contributed by atoms with Crippen LogP contribution < -0.4 is 0 Å². The van der Waals surface area contributed by atoms with E-state index in [1.54, 1.807) is 0 Å². The van der Waals surface area contributed by atoms with Gasteiger partial charge in [0.1, 0.15) is 0 Å². The molecule has 0 N–H and O–H groups in total. The predicted octanol–water partition coefficient (Wildman–Crippen LogP) is 2.17. The van der Waals surface area contributed by atoms with Crippen LogP contribution in [-0.4, -0.2) is 36.4 Å². The van der Waals surface area contributed by atoms with Gasteiger partial charge in [-0.3, -0.25) is 0 Å². The summed E-state index contributed by atoms with van der Waals surface area (Å²) in [5.74, 6) is 1.47. The van der Waals surface area contributed by atoms with Crippen LogP contribution >= 0.6 is 12.6 Å². The predicted molar refractivity (Wildman–Crippen MR) is 80.8 cm³/mol. The lowest BCUT2D eigenvalue weighted by Crippen LogP contribution is -2.50. The van der Waals surface area contributed by atoms with Crippen LogP contribution in [0.3, 0.4) is 0 Å². The minimum Gasteiger partial charge on any atom is -0.395 e. The zero-order valence-electron chi connectivity index (χ0n) is 11.7. The lowest BCUT2D eigenvalue weighted by atomic mass is 10.1. The molecule has 0 fully saturated rings. The molecule has 0 spiro atoms. The Morgan fingerprint density at radius 1 is 1.44 bits per heavy atom. The molecule has 2 nitrogen and oxygen atoms in total. The zero-order valence-corrected chi connectivity index (χ0v) is 15.6. The van der Waals surface area contributed by atoms with E-state index >= 15 is 0 Å². The highest BCUT2D eigenvalue weighted by molar-refractivity contribution is 7.80. The Labute approximate surface area is 111 Å². The third kappa shape index (κ3) is 5.86. The Hall–Kier alpha value is 0.704. The van der Waals surface area contributed by atoms with Crippen molar-refractivity contribution in [2.75, 3.05) is 12.4 Å². The van der Waals surface area contributed by atoms with Crippen LogP contribution in [0.15, 0.2) is 0 Å². The van der Waals surface area contributed by atoms with Gasteiger partial charge in [0, 0.05) is 22.1 Å². The van der Waals surface area contributed by atoms with E-state index in [1.807, 2.05) is 0 Å². The molecule has 0 aromatic rings. The van der Waals surface area contributed by atoms with Gasteiger partial charge in [0.2, 0.25) is 0 Å². The molecule has 0 aliphatic carbocycles. The van der Waals surface area contributed by atoms with E-state index in [4.69, 9.17) is 8.85 Å². The monoisotopic (exact) mass is 280 g/mol. The van der Waals surface area contributed by atoms with Crippen molar-refractivity contribution in [3.63, 3.8) is 0 Å². The highest BCUT2D eigenvalue weighted by atomic mass is 32.1. The second-order valence-corrected chi connectivity index (χ2v) is 10.9. The van der Waals surface area contributed by atoms with E-state index in [-0.39, 0.29) is 5.22 Å². The summed E-state index contributed by atoms with van der Waals surface area (Å²) in [4.78, 5) is 0. The van der Waals surface area contributed by atoms with Crippen LogP contribution in [0.5, 0.6) is 0 Å². The Balaban J connectivity index is 4.52. The maximum atomic E-state index is 6.37. The van der Waals surface area contributed by atoms with E-state index in [1.165, 1.54) is 0 Å². The summed E-state index contributed by atoms with van der Waals surface area (Å²) >= 11 is 4.27. The first kappa shape index (κ1) is 16.7. The standard InChI is InChI=1S/C11H28O2SSi2/c1-6-12-16(5,9-7-8-14)13-11(4,15)10(2)3/h10,14H,6-9H2,1-5,15H3. The highest BCUT2D eigenvalue weighted by Crippen LogP contribution is 2.26. The van der Waals surface area contributed by atoms with Crippen molar-refractivity contribution < 1.29 is 8.85 Å². The van der Waals surface area contributed by atoms with Gasteiger partial charge < -0.3 is 8.85 Å². The maximum absolute atomic E-state index is 6.37. The van der Waals surface area contributed by atoms with E-state index < -0.39 is 8.56 Å². The summed E-state index contributed by atoms with van der Waals surface area (Å²) in [6.07, 6.45) is 1.08. The first-order chi connectivity index (χ1) is 7.27. The quantitative estimate of drug-likeness (QED) is 0.543. The third-order valence-corrected chi connectivity index (χ3v) is 8.31. The van der Waals surface area contributed by atoms with E-state index in [0.29, 0.717) is 5.92 Å². The minimum absolute atomic E-state index is 0.0345. The molecule has 0 aromatic heterocycles. The molecule has 0 aliphatic rings. The third-order valence-electron chi connectivity index (χ3n) is 3.11. The second kappa shape index (κ2) is 7.21. The zero-order chi connectivity index (χ0) is 12.8. The molecular weight excluding hydrogens is 252 g/mol. The molecule has 0 bridgehead atoms. The number of hydrogen-bond donors (Lipinski definition) is 1. The fourth-order valence-corrected chi connectivity index (χ4v) is 6.37.